The lowest BCUT2D eigenvalue weighted by Crippen LogP contribution is -2.08. The van der Waals surface area contributed by atoms with Crippen LogP contribution in [-0.2, 0) is 4.79 Å². The minimum atomic E-state index is -0.422. The Morgan fingerprint density at radius 2 is 2.31 bits per heavy atom. The van der Waals surface area contributed by atoms with Crippen LogP contribution in [0.3, 0.4) is 0 Å². The first-order valence-corrected chi connectivity index (χ1v) is 4.09. The highest BCUT2D eigenvalue weighted by Crippen LogP contribution is 2.09. The fraction of sp³-hybridized carbons (Fsp3) is 0.100. The van der Waals surface area contributed by atoms with Crippen molar-refractivity contribution in [2.24, 2.45) is 5.73 Å². The summed E-state index contributed by atoms with van der Waals surface area (Å²) in [6, 6.07) is 7.12. The molecule has 0 fully saturated rings. The molecule has 1 aromatic rings. The van der Waals surface area contributed by atoms with Crippen LogP contribution in [-0.4, -0.2) is 5.91 Å². The molecule has 0 aromatic heterocycles. The van der Waals surface area contributed by atoms with Crippen molar-refractivity contribution in [3.8, 4) is 11.8 Å². The summed E-state index contributed by atoms with van der Waals surface area (Å²) in [7, 11) is 0. The lowest BCUT2D eigenvalue weighted by atomic mass is 10.2. The normalized spacial score (nSPS) is 8.69. The average Bonchev–Trinajstić information content (AvgIpc) is 2.03. The van der Waals surface area contributed by atoms with Gasteiger partial charge in [0.1, 0.15) is 0 Å². The number of hydrogen-bond acceptors (Lipinski definition) is 1. The predicted molar refractivity (Wildman–Crippen MR) is 52.1 cm³/mol. The zero-order valence-electron chi connectivity index (χ0n) is 6.88. The maximum absolute atomic E-state index is 10.4. The molecule has 66 valence electrons. The van der Waals surface area contributed by atoms with Gasteiger partial charge in [-0.05, 0) is 18.2 Å². The van der Waals surface area contributed by atoms with E-state index in [-0.39, 0.29) is 6.42 Å². The van der Waals surface area contributed by atoms with E-state index in [1.165, 1.54) is 0 Å². The summed E-state index contributed by atoms with van der Waals surface area (Å²) in [6.45, 7) is 0. The summed E-state index contributed by atoms with van der Waals surface area (Å²) < 4.78 is 0. The van der Waals surface area contributed by atoms with Crippen molar-refractivity contribution in [1.82, 2.24) is 0 Å². The van der Waals surface area contributed by atoms with Gasteiger partial charge in [-0.1, -0.05) is 29.5 Å². The Kier molecular flexibility index (Phi) is 3.36. The van der Waals surface area contributed by atoms with Crippen LogP contribution in [0.1, 0.15) is 12.0 Å². The van der Waals surface area contributed by atoms with Crippen molar-refractivity contribution in [3.63, 3.8) is 0 Å². The Labute approximate surface area is 81.7 Å². The summed E-state index contributed by atoms with van der Waals surface area (Å²) in [5.74, 6) is 5.00. The Morgan fingerprint density at radius 3 is 2.92 bits per heavy atom. The van der Waals surface area contributed by atoms with Crippen LogP contribution in [0.15, 0.2) is 24.3 Å². The van der Waals surface area contributed by atoms with E-state index in [1.807, 2.05) is 6.07 Å². The molecule has 0 bridgehead atoms. The molecular formula is C10H8ClNO. The minimum absolute atomic E-state index is 0.0759. The van der Waals surface area contributed by atoms with Gasteiger partial charge in [-0.2, -0.15) is 0 Å². The van der Waals surface area contributed by atoms with Crippen LogP contribution in [0.25, 0.3) is 0 Å². The van der Waals surface area contributed by atoms with Gasteiger partial charge in [0.25, 0.3) is 0 Å². The molecule has 0 saturated heterocycles. The van der Waals surface area contributed by atoms with Gasteiger partial charge in [0.2, 0.25) is 5.91 Å². The van der Waals surface area contributed by atoms with Gasteiger partial charge in [-0.15, -0.1) is 0 Å². The molecule has 1 amide bonds. The first-order valence-electron chi connectivity index (χ1n) is 3.71. The fourth-order valence-electron chi connectivity index (χ4n) is 0.800. The maximum Gasteiger partial charge on any atom is 0.229 e. The van der Waals surface area contributed by atoms with Crippen LogP contribution >= 0.6 is 11.6 Å². The molecule has 1 aromatic carbocycles. The smallest absolute Gasteiger partial charge is 0.229 e. The molecule has 2 nitrogen and oxygen atoms in total. The summed E-state index contributed by atoms with van der Waals surface area (Å²) in [4.78, 5) is 10.4. The third-order valence-electron chi connectivity index (χ3n) is 1.32. The van der Waals surface area contributed by atoms with E-state index in [1.54, 1.807) is 18.2 Å². The van der Waals surface area contributed by atoms with Gasteiger partial charge < -0.3 is 5.73 Å². The predicted octanol–water partition coefficient (Wildman–Crippen LogP) is 1.57. The van der Waals surface area contributed by atoms with E-state index < -0.39 is 5.91 Å². The van der Waals surface area contributed by atoms with E-state index >= 15 is 0 Å². The van der Waals surface area contributed by atoms with Crippen LogP contribution in [0.5, 0.6) is 0 Å². The monoisotopic (exact) mass is 193 g/mol. The number of amides is 1. The van der Waals surface area contributed by atoms with E-state index in [0.717, 1.165) is 5.56 Å². The first kappa shape index (κ1) is 9.63. The SMILES string of the molecule is NC(=O)CC#Cc1cccc(Cl)c1. The lowest BCUT2D eigenvalue weighted by Gasteiger charge is -1.89. The van der Waals surface area contributed by atoms with Gasteiger partial charge in [0, 0.05) is 10.6 Å². The van der Waals surface area contributed by atoms with E-state index in [4.69, 9.17) is 17.3 Å². The number of halogens is 1. The van der Waals surface area contributed by atoms with Crippen molar-refractivity contribution in [2.75, 3.05) is 0 Å². The molecule has 0 saturated carbocycles. The molecule has 13 heavy (non-hydrogen) atoms. The summed E-state index contributed by atoms with van der Waals surface area (Å²) in [5.41, 5.74) is 5.70. The standard InChI is InChI=1S/C10H8ClNO/c11-9-5-1-3-8(7-9)4-2-6-10(12)13/h1,3,5,7H,6H2,(H2,12,13). The molecule has 1 rings (SSSR count). The Bertz CT molecular complexity index is 376. The number of carbonyl (C=O) groups is 1. The van der Waals surface area contributed by atoms with Crippen molar-refractivity contribution >= 4 is 17.5 Å². The summed E-state index contributed by atoms with van der Waals surface area (Å²) in [6.07, 6.45) is 0.0759. The molecular weight excluding hydrogens is 186 g/mol. The van der Waals surface area contributed by atoms with Crippen LogP contribution < -0.4 is 5.73 Å². The van der Waals surface area contributed by atoms with Crippen LogP contribution in [0.2, 0.25) is 5.02 Å². The molecule has 0 heterocycles. The molecule has 3 heteroatoms. The summed E-state index contributed by atoms with van der Waals surface area (Å²) >= 11 is 5.73. The third kappa shape index (κ3) is 3.64. The number of benzene rings is 1. The second kappa shape index (κ2) is 4.54. The van der Waals surface area contributed by atoms with Crippen molar-refractivity contribution in [3.05, 3.63) is 34.9 Å². The fourth-order valence-corrected chi connectivity index (χ4v) is 0.990. The zero-order chi connectivity index (χ0) is 9.68. The largest absolute Gasteiger partial charge is 0.369 e. The number of carbonyl (C=O) groups excluding carboxylic acids is 1. The van der Waals surface area contributed by atoms with E-state index in [2.05, 4.69) is 11.8 Å². The second-order valence-electron chi connectivity index (χ2n) is 2.46. The maximum atomic E-state index is 10.4. The molecule has 0 aliphatic rings. The van der Waals surface area contributed by atoms with E-state index in [9.17, 15) is 4.79 Å². The Balaban J connectivity index is 2.72. The molecule has 0 atom stereocenters. The molecule has 2 N–H and O–H groups in total. The minimum Gasteiger partial charge on any atom is -0.369 e. The second-order valence-corrected chi connectivity index (χ2v) is 2.89. The Morgan fingerprint density at radius 1 is 1.54 bits per heavy atom. The van der Waals surface area contributed by atoms with Gasteiger partial charge in [0.15, 0.2) is 0 Å². The molecule has 0 aliphatic heterocycles. The molecule has 0 aliphatic carbocycles. The van der Waals surface area contributed by atoms with Gasteiger partial charge in [-0.3, -0.25) is 4.79 Å². The highest BCUT2D eigenvalue weighted by Gasteiger charge is 1.89. The molecule has 0 radical (unpaired) electrons. The van der Waals surface area contributed by atoms with Crippen molar-refractivity contribution in [1.29, 1.82) is 0 Å². The molecule has 0 unspecified atom stereocenters. The van der Waals surface area contributed by atoms with Gasteiger partial charge >= 0.3 is 0 Å². The zero-order valence-corrected chi connectivity index (χ0v) is 7.64. The number of rotatable bonds is 1. The topological polar surface area (TPSA) is 43.1 Å². The first-order chi connectivity index (χ1) is 6.18. The quantitative estimate of drug-likeness (QED) is 0.676. The lowest BCUT2D eigenvalue weighted by molar-refractivity contribution is -0.117. The summed E-state index contributed by atoms with van der Waals surface area (Å²) in [5, 5.41) is 0.630. The average molecular weight is 194 g/mol. The van der Waals surface area contributed by atoms with Gasteiger partial charge in [-0.25, -0.2) is 0 Å². The molecule has 0 spiro atoms. The van der Waals surface area contributed by atoms with Crippen LogP contribution in [0, 0.1) is 11.8 Å². The van der Waals surface area contributed by atoms with Gasteiger partial charge in [0.05, 0.1) is 6.42 Å². The number of primary amides is 1. The Hall–Kier alpha value is -1.46. The highest BCUT2D eigenvalue weighted by atomic mass is 35.5. The van der Waals surface area contributed by atoms with E-state index in [0.29, 0.717) is 5.02 Å². The third-order valence-corrected chi connectivity index (χ3v) is 1.56. The number of nitrogens with two attached hydrogens (primary N) is 1. The highest BCUT2D eigenvalue weighted by molar-refractivity contribution is 6.30. The van der Waals surface area contributed by atoms with Crippen molar-refractivity contribution < 1.29 is 4.79 Å². The number of hydrogen-bond donors (Lipinski definition) is 1. The van der Waals surface area contributed by atoms with Crippen molar-refractivity contribution in [2.45, 2.75) is 6.42 Å². The van der Waals surface area contributed by atoms with Crippen LogP contribution in [0.4, 0.5) is 0 Å².